The largest absolute Gasteiger partial charge is 0.465 e. The maximum Gasteiger partial charge on any atom is 0.416 e. The van der Waals surface area contributed by atoms with Crippen LogP contribution in [0.1, 0.15) is 16.7 Å². The Balaban J connectivity index is 2.06. The van der Waals surface area contributed by atoms with Crippen molar-refractivity contribution in [3.05, 3.63) is 77.0 Å². The van der Waals surface area contributed by atoms with Gasteiger partial charge < -0.3 is 9.30 Å². The van der Waals surface area contributed by atoms with Crippen LogP contribution in [0.5, 0.6) is 0 Å². The van der Waals surface area contributed by atoms with Crippen molar-refractivity contribution in [1.29, 1.82) is 5.26 Å². The topological polar surface area (TPSA) is 55.0 Å². The molecule has 0 radical (unpaired) electrons. The van der Waals surface area contributed by atoms with Gasteiger partial charge in [-0.1, -0.05) is 30.3 Å². The first kappa shape index (κ1) is 19.2. The first-order chi connectivity index (χ1) is 13.3. The van der Waals surface area contributed by atoms with Crippen LogP contribution in [0.2, 0.25) is 0 Å². The number of esters is 1. The lowest BCUT2D eigenvalue weighted by Crippen LogP contribution is -2.06. The molecule has 0 spiro atoms. The number of carbonyl (C=O) groups excluding carboxylic acids is 1. The van der Waals surface area contributed by atoms with Crippen LogP contribution >= 0.6 is 0 Å². The van der Waals surface area contributed by atoms with E-state index in [4.69, 9.17) is 0 Å². The number of alkyl halides is 3. The number of nitriles is 1. The smallest absolute Gasteiger partial charge is 0.416 e. The molecule has 0 N–H and O–H groups in total. The van der Waals surface area contributed by atoms with Gasteiger partial charge in [0.2, 0.25) is 0 Å². The second kappa shape index (κ2) is 7.61. The van der Waals surface area contributed by atoms with Gasteiger partial charge in [0.05, 0.1) is 12.7 Å². The molecule has 3 rings (SSSR count). The Labute approximate surface area is 159 Å². The van der Waals surface area contributed by atoms with E-state index in [0.29, 0.717) is 11.1 Å². The molecular weight excluding hydrogens is 369 g/mol. The maximum absolute atomic E-state index is 13.0. The summed E-state index contributed by atoms with van der Waals surface area (Å²) in [6, 6.07) is 14.2. The van der Waals surface area contributed by atoms with Gasteiger partial charge >= 0.3 is 12.1 Å². The fraction of sp³-hybridized carbons (Fsp3) is 0.143. The number of fused-ring (bicyclic) bond motifs is 1. The Morgan fingerprint density at radius 3 is 2.64 bits per heavy atom. The predicted octanol–water partition coefficient (Wildman–Crippen LogP) is 4.79. The van der Waals surface area contributed by atoms with Gasteiger partial charge in [0.15, 0.2) is 0 Å². The summed E-state index contributed by atoms with van der Waals surface area (Å²) in [4.78, 5) is 11.7. The van der Waals surface area contributed by atoms with Gasteiger partial charge in [-0.05, 0) is 29.8 Å². The lowest BCUT2D eigenvalue weighted by molar-refractivity contribution is -0.137. The van der Waals surface area contributed by atoms with Gasteiger partial charge in [0, 0.05) is 29.2 Å². The molecule has 0 saturated carbocycles. The van der Waals surface area contributed by atoms with E-state index in [0.717, 1.165) is 23.0 Å². The molecule has 0 aliphatic carbocycles. The number of hydrogen-bond acceptors (Lipinski definition) is 3. The zero-order chi connectivity index (χ0) is 20.3. The summed E-state index contributed by atoms with van der Waals surface area (Å²) in [7, 11) is 1.18. The van der Waals surface area contributed by atoms with Crippen molar-refractivity contribution in [2.24, 2.45) is 0 Å². The molecular formula is C21H15F3N2O2. The molecule has 3 aromatic rings. The summed E-state index contributed by atoms with van der Waals surface area (Å²) in [6.45, 7) is 0.207. The monoisotopic (exact) mass is 384 g/mol. The van der Waals surface area contributed by atoms with E-state index >= 15 is 0 Å². The molecule has 4 nitrogen and oxygen atoms in total. The van der Waals surface area contributed by atoms with Crippen molar-refractivity contribution in [3.8, 4) is 6.07 Å². The minimum Gasteiger partial charge on any atom is -0.465 e. The minimum atomic E-state index is -4.41. The summed E-state index contributed by atoms with van der Waals surface area (Å²) in [5, 5.41) is 9.95. The number of methoxy groups -OCH3 is 1. The van der Waals surface area contributed by atoms with Crippen LogP contribution in [0, 0.1) is 11.3 Å². The number of nitrogens with zero attached hydrogens (tertiary/aromatic N) is 2. The van der Waals surface area contributed by atoms with Gasteiger partial charge in [-0.3, -0.25) is 0 Å². The van der Waals surface area contributed by atoms with E-state index < -0.39 is 17.7 Å². The predicted molar refractivity (Wildman–Crippen MR) is 98.1 cm³/mol. The highest BCUT2D eigenvalue weighted by molar-refractivity contribution is 6.01. The summed E-state index contributed by atoms with van der Waals surface area (Å²) < 4.78 is 45.3. The Hall–Kier alpha value is -3.53. The van der Waals surface area contributed by atoms with Crippen LogP contribution < -0.4 is 0 Å². The average molecular weight is 384 g/mol. The highest BCUT2D eigenvalue weighted by atomic mass is 19.4. The highest BCUT2D eigenvalue weighted by Crippen LogP contribution is 2.30. The fourth-order valence-corrected chi connectivity index (χ4v) is 2.97. The normalized spacial score (nSPS) is 12.0. The molecule has 0 atom stereocenters. The Morgan fingerprint density at radius 1 is 1.21 bits per heavy atom. The summed E-state index contributed by atoms with van der Waals surface area (Å²) in [6.07, 6.45) is -1.30. The van der Waals surface area contributed by atoms with Crippen LogP contribution in [0.3, 0.4) is 0 Å². The molecule has 0 aliphatic rings. The molecule has 28 heavy (non-hydrogen) atoms. The molecule has 0 amide bonds. The van der Waals surface area contributed by atoms with Crippen LogP contribution in [0.25, 0.3) is 17.0 Å². The minimum absolute atomic E-state index is 0.163. The third-order valence-electron chi connectivity index (χ3n) is 4.25. The van der Waals surface area contributed by atoms with E-state index in [9.17, 15) is 23.2 Å². The van der Waals surface area contributed by atoms with Gasteiger partial charge in [-0.15, -0.1) is 0 Å². The second-order valence-electron chi connectivity index (χ2n) is 6.09. The lowest BCUT2D eigenvalue weighted by atomic mass is 10.1. The highest BCUT2D eigenvalue weighted by Gasteiger charge is 2.30. The van der Waals surface area contributed by atoms with Gasteiger partial charge in [0.1, 0.15) is 11.6 Å². The lowest BCUT2D eigenvalue weighted by Gasteiger charge is -2.10. The zero-order valence-corrected chi connectivity index (χ0v) is 14.8. The molecule has 142 valence electrons. The summed E-state index contributed by atoms with van der Waals surface area (Å²) in [5.41, 5.74) is 0.987. The van der Waals surface area contributed by atoms with Crippen LogP contribution in [0.4, 0.5) is 13.2 Å². The van der Waals surface area contributed by atoms with Crippen molar-refractivity contribution >= 4 is 22.9 Å². The third-order valence-corrected chi connectivity index (χ3v) is 4.25. The molecule has 0 saturated heterocycles. The molecule has 1 aromatic heterocycles. The third kappa shape index (κ3) is 3.91. The number of carbonyl (C=O) groups is 1. The van der Waals surface area contributed by atoms with Crippen molar-refractivity contribution in [3.63, 3.8) is 0 Å². The molecule has 1 heterocycles. The van der Waals surface area contributed by atoms with Crippen molar-refractivity contribution in [1.82, 2.24) is 4.57 Å². The number of rotatable bonds is 4. The van der Waals surface area contributed by atoms with E-state index in [1.807, 2.05) is 18.2 Å². The van der Waals surface area contributed by atoms with E-state index in [1.165, 1.54) is 19.3 Å². The van der Waals surface area contributed by atoms with Crippen LogP contribution in [-0.2, 0) is 22.3 Å². The van der Waals surface area contributed by atoms with Gasteiger partial charge in [-0.25, -0.2) is 4.79 Å². The van der Waals surface area contributed by atoms with Crippen molar-refractivity contribution in [2.45, 2.75) is 12.7 Å². The number of halogens is 3. The van der Waals surface area contributed by atoms with E-state index in [1.54, 1.807) is 29.0 Å². The summed E-state index contributed by atoms with van der Waals surface area (Å²) in [5.74, 6) is -0.753. The van der Waals surface area contributed by atoms with E-state index in [-0.39, 0.29) is 12.1 Å². The number of aromatic nitrogens is 1. The number of benzene rings is 2. The number of ether oxygens (including phenoxy) is 1. The zero-order valence-electron chi connectivity index (χ0n) is 14.8. The molecule has 0 aliphatic heterocycles. The Morgan fingerprint density at radius 2 is 1.96 bits per heavy atom. The van der Waals surface area contributed by atoms with Gasteiger partial charge in [0.25, 0.3) is 0 Å². The number of para-hydroxylation sites is 1. The first-order valence-electron chi connectivity index (χ1n) is 8.27. The second-order valence-corrected chi connectivity index (χ2v) is 6.09. The molecule has 2 aromatic carbocycles. The van der Waals surface area contributed by atoms with Gasteiger partial charge in [-0.2, -0.15) is 18.4 Å². The standard InChI is InChI=1S/C21H15F3N2O2/c1-28-20(27)15(11-25)10-16-13-26(19-8-3-2-7-18(16)19)12-14-5-4-6-17(9-14)21(22,23)24/h2-10,13H,12H2,1H3/b15-10+. The Bertz CT molecular complexity index is 1100. The van der Waals surface area contributed by atoms with Crippen LogP contribution in [-0.4, -0.2) is 17.6 Å². The molecule has 7 heteroatoms. The summed E-state index contributed by atoms with van der Waals surface area (Å²) >= 11 is 0. The van der Waals surface area contributed by atoms with Crippen molar-refractivity contribution in [2.75, 3.05) is 7.11 Å². The maximum atomic E-state index is 13.0. The molecule has 0 unspecified atom stereocenters. The molecule has 0 fully saturated rings. The average Bonchev–Trinajstić information content (AvgIpc) is 3.02. The first-order valence-corrected chi connectivity index (χ1v) is 8.27. The fourth-order valence-electron chi connectivity index (χ4n) is 2.97. The van der Waals surface area contributed by atoms with E-state index in [2.05, 4.69) is 4.74 Å². The van der Waals surface area contributed by atoms with Crippen molar-refractivity contribution < 1.29 is 22.7 Å². The SMILES string of the molecule is COC(=O)/C(C#N)=C/c1cn(Cc2cccc(C(F)(F)F)c2)c2ccccc12. The Kier molecular flexibility index (Phi) is 5.23. The quantitative estimate of drug-likeness (QED) is 0.369. The molecule has 0 bridgehead atoms. The van der Waals surface area contributed by atoms with Crippen LogP contribution in [0.15, 0.2) is 60.3 Å². The number of hydrogen-bond donors (Lipinski definition) is 0.